The molecule has 0 radical (unpaired) electrons. The third-order valence-electron chi connectivity index (χ3n) is 8.05. The van der Waals surface area contributed by atoms with Crippen LogP contribution in [0.15, 0.2) is 109 Å². The topological polar surface area (TPSA) is 149 Å². The summed E-state index contributed by atoms with van der Waals surface area (Å²) in [5, 5.41) is 24.0. The highest BCUT2D eigenvalue weighted by molar-refractivity contribution is 5.97. The van der Waals surface area contributed by atoms with Crippen LogP contribution in [-0.2, 0) is 14.3 Å². The van der Waals surface area contributed by atoms with E-state index < -0.39 is 46.7 Å². The number of nitriles is 2. The highest BCUT2D eigenvalue weighted by atomic mass is 16.6. The Morgan fingerprint density at radius 1 is 0.553 bits per heavy atom. The van der Waals surface area contributed by atoms with Gasteiger partial charge < -0.3 is 15.4 Å². The lowest BCUT2D eigenvalue weighted by Gasteiger charge is -2.36. The van der Waals surface area contributed by atoms with Gasteiger partial charge in [0.05, 0.1) is 46.2 Å². The van der Waals surface area contributed by atoms with Crippen molar-refractivity contribution in [2.24, 2.45) is 10.8 Å². The van der Waals surface area contributed by atoms with Crippen molar-refractivity contribution in [3.63, 3.8) is 0 Å². The summed E-state index contributed by atoms with van der Waals surface area (Å²) in [7, 11) is 0. The minimum atomic E-state index is -1.44. The minimum absolute atomic E-state index is 0.287. The van der Waals surface area contributed by atoms with Crippen LogP contribution in [0.2, 0.25) is 0 Å². The highest BCUT2D eigenvalue weighted by Crippen LogP contribution is 2.39. The predicted molar refractivity (Wildman–Crippen MR) is 174 cm³/mol. The molecule has 0 aliphatic heterocycles. The van der Waals surface area contributed by atoms with Crippen LogP contribution in [0, 0.1) is 33.5 Å². The zero-order chi connectivity index (χ0) is 34.2. The number of hydrogen-bond acceptors (Lipinski definition) is 7. The van der Waals surface area contributed by atoms with Gasteiger partial charge in [-0.05, 0) is 87.4 Å². The first-order valence-corrected chi connectivity index (χ1v) is 14.9. The number of benzene rings is 4. The summed E-state index contributed by atoms with van der Waals surface area (Å²) in [6, 6.07) is 32.1. The molecule has 2 unspecified atom stereocenters. The van der Waals surface area contributed by atoms with E-state index in [1.54, 1.807) is 88.4 Å². The van der Waals surface area contributed by atoms with Crippen molar-refractivity contribution in [3.8, 4) is 12.1 Å². The number of rotatable bonds is 10. The molecule has 0 aromatic heterocycles. The molecular weight excluding hydrogens is 592 g/mol. The van der Waals surface area contributed by atoms with Gasteiger partial charge in [-0.3, -0.25) is 19.2 Å². The number of carbonyl (C=O) groups excluding carboxylic acids is 4. The van der Waals surface area contributed by atoms with E-state index in [0.717, 1.165) is 0 Å². The first-order chi connectivity index (χ1) is 22.4. The molecule has 9 heteroatoms. The monoisotopic (exact) mass is 626 g/mol. The first kappa shape index (κ1) is 33.8. The maximum atomic E-state index is 13.9. The summed E-state index contributed by atoms with van der Waals surface area (Å²) in [6.07, 6.45) is 0. The summed E-state index contributed by atoms with van der Waals surface area (Å²) in [6.45, 7) is 6.31. The van der Waals surface area contributed by atoms with E-state index in [0.29, 0.717) is 22.3 Å². The quantitative estimate of drug-likeness (QED) is 0.157. The molecule has 0 saturated heterocycles. The standard InChI is InChI=1S/C38H34N4O5/c1-37(2,31(27-11-7-5-8-12-27)41-33(43)29-19-15-25(23-39)16-20-29)35(45)47-36(46)38(3,4)32(28-13-9-6-10-14-28)42-34(44)30-21-17-26(24-40)18-22-30/h5-22,31-32H,1-4H3,(H,41,43)(H,42,44). The van der Waals surface area contributed by atoms with Crippen molar-refractivity contribution >= 4 is 23.8 Å². The van der Waals surface area contributed by atoms with E-state index in [1.807, 2.05) is 12.1 Å². The van der Waals surface area contributed by atoms with Crippen molar-refractivity contribution in [2.75, 3.05) is 0 Å². The van der Waals surface area contributed by atoms with E-state index >= 15 is 0 Å². The summed E-state index contributed by atoms with van der Waals surface area (Å²) >= 11 is 0. The van der Waals surface area contributed by atoms with Crippen LogP contribution < -0.4 is 10.6 Å². The molecule has 4 rings (SSSR count). The number of amides is 2. The molecule has 0 heterocycles. The number of hydrogen-bond donors (Lipinski definition) is 2. The summed E-state index contributed by atoms with van der Waals surface area (Å²) in [5.41, 5.74) is -0.293. The second-order valence-electron chi connectivity index (χ2n) is 12.1. The largest absolute Gasteiger partial charge is 0.392 e. The third kappa shape index (κ3) is 7.78. The fourth-order valence-electron chi connectivity index (χ4n) is 5.06. The Hall–Kier alpha value is -6.06. The maximum Gasteiger partial charge on any atom is 0.321 e. The smallest absolute Gasteiger partial charge is 0.321 e. The van der Waals surface area contributed by atoms with E-state index in [2.05, 4.69) is 10.6 Å². The van der Waals surface area contributed by atoms with Crippen molar-refractivity contribution in [3.05, 3.63) is 143 Å². The maximum absolute atomic E-state index is 13.9. The van der Waals surface area contributed by atoms with Crippen LogP contribution in [0.3, 0.4) is 0 Å². The van der Waals surface area contributed by atoms with Crippen molar-refractivity contribution in [1.29, 1.82) is 10.5 Å². The summed E-state index contributed by atoms with van der Waals surface area (Å²) < 4.78 is 5.57. The molecule has 4 aromatic carbocycles. The van der Waals surface area contributed by atoms with Crippen molar-refractivity contribution < 1.29 is 23.9 Å². The molecule has 0 aliphatic rings. The molecule has 4 aromatic rings. The summed E-state index contributed by atoms with van der Waals surface area (Å²) in [5.74, 6) is -2.72. The van der Waals surface area contributed by atoms with Crippen molar-refractivity contribution in [1.82, 2.24) is 10.6 Å². The van der Waals surface area contributed by atoms with Crippen LogP contribution in [0.1, 0.15) is 82.7 Å². The number of carbonyl (C=O) groups is 4. The molecular formula is C38H34N4O5. The minimum Gasteiger partial charge on any atom is -0.392 e. The van der Waals surface area contributed by atoms with E-state index in [9.17, 15) is 19.2 Å². The lowest BCUT2D eigenvalue weighted by Crippen LogP contribution is -2.47. The van der Waals surface area contributed by atoms with E-state index in [1.165, 1.54) is 48.5 Å². The van der Waals surface area contributed by atoms with Gasteiger partial charge in [0.25, 0.3) is 11.8 Å². The molecule has 236 valence electrons. The Labute approximate surface area is 273 Å². The van der Waals surface area contributed by atoms with Gasteiger partial charge in [0.1, 0.15) is 0 Å². The van der Waals surface area contributed by atoms with E-state index in [-0.39, 0.29) is 11.1 Å². The molecule has 0 fully saturated rings. The molecule has 0 spiro atoms. The van der Waals surface area contributed by atoms with Gasteiger partial charge in [0.2, 0.25) is 0 Å². The molecule has 47 heavy (non-hydrogen) atoms. The molecule has 2 atom stereocenters. The lowest BCUT2D eigenvalue weighted by molar-refractivity contribution is -0.174. The van der Waals surface area contributed by atoms with Crippen molar-refractivity contribution in [2.45, 2.75) is 39.8 Å². The van der Waals surface area contributed by atoms with Gasteiger partial charge in [-0.25, -0.2) is 0 Å². The zero-order valence-electron chi connectivity index (χ0n) is 26.5. The Morgan fingerprint density at radius 2 is 0.872 bits per heavy atom. The molecule has 2 N–H and O–H groups in total. The Morgan fingerprint density at radius 3 is 1.17 bits per heavy atom. The predicted octanol–water partition coefficient (Wildman–Crippen LogP) is 6.19. The highest BCUT2D eigenvalue weighted by Gasteiger charge is 2.46. The molecule has 0 bridgehead atoms. The van der Waals surface area contributed by atoms with Gasteiger partial charge >= 0.3 is 11.9 Å². The van der Waals surface area contributed by atoms with E-state index in [4.69, 9.17) is 15.3 Å². The normalized spacial score (nSPS) is 12.4. The molecule has 0 saturated carbocycles. The fraction of sp³-hybridized carbons (Fsp3) is 0.211. The zero-order valence-corrected chi connectivity index (χ0v) is 26.5. The van der Waals surface area contributed by atoms with Gasteiger partial charge in [-0.2, -0.15) is 10.5 Å². The van der Waals surface area contributed by atoms with Gasteiger partial charge in [-0.15, -0.1) is 0 Å². The molecule has 2 amide bonds. The lowest BCUT2D eigenvalue weighted by atomic mass is 9.78. The van der Waals surface area contributed by atoms with Gasteiger partial charge in [0.15, 0.2) is 0 Å². The summed E-state index contributed by atoms with van der Waals surface area (Å²) in [4.78, 5) is 54.3. The second kappa shape index (κ2) is 14.4. The third-order valence-corrected chi connectivity index (χ3v) is 8.05. The Kier molecular flexibility index (Phi) is 10.3. The van der Waals surface area contributed by atoms with Crippen LogP contribution in [0.25, 0.3) is 0 Å². The second-order valence-corrected chi connectivity index (χ2v) is 12.1. The number of ether oxygens (including phenoxy) is 1. The number of nitrogens with zero attached hydrogens (tertiary/aromatic N) is 2. The van der Waals surface area contributed by atoms with Gasteiger partial charge in [0, 0.05) is 11.1 Å². The van der Waals surface area contributed by atoms with Crippen LogP contribution in [-0.4, -0.2) is 23.8 Å². The van der Waals surface area contributed by atoms with Crippen LogP contribution in [0.4, 0.5) is 0 Å². The molecule has 0 aliphatic carbocycles. The molecule has 9 nitrogen and oxygen atoms in total. The van der Waals surface area contributed by atoms with Gasteiger partial charge in [-0.1, -0.05) is 60.7 Å². The Bertz CT molecular complexity index is 1700. The average Bonchev–Trinajstić information content (AvgIpc) is 3.09. The average molecular weight is 627 g/mol. The fourth-order valence-corrected chi connectivity index (χ4v) is 5.06. The Balaban J connectivity index is 1.60. The first-order valence-electron chi connectivity index (χ1n) is 14.9. The van der Waals surface area contributed by atoms with Crippen LogP contribution >= 0.6 is 0 Å². The number of nitrogens with one attached hydrogen (secondary N) is 2. The van der Waals surface area contributed by atoms with Crippen LogP contribution in [0.5, 0.6) is 0 Å². The number of esters is 2. The SMILES string of the molecule is CC(C)(C(=O)OC(=O)C(C)(C)C(NC(=O)c1ccc(C#N)cc1)c1ccccc1)C(NC(=O)c1ccc(C#N)cc1)c1ccccc1.